The molecule has 0 aromatic rings. The van der Waals surface area contributed by atoms with Crippen LogP contribution in [-0.4, -0.2) is 0 Å². The molecule has 0 aromatic carbocycles. The fourth-order valence-corrected chi connectivity index (χ4v) is 3.16. The summed E-state index contributed by atoms with van der Waals surface area (Å²) in [6.45, 7) is 2.29. The van der Waals surface area contributed by atoms with Crippen molar-refractivity contribution in [3.8, 4) is 0 Å². The van der Waals surface area contributed by atoms with Gasteiger partial charge in [0.2, 0.25) is 0 Å². The molecule has 0 radical (unpaired) electrons. The van der Waals surface area contributed by atoms with Crippen molar-refractivity contribution in [2.45, 2.75) is 110 Å². The molecule has 0 aromatic heterocycles. The van der Waals surface area contributed by atoms with E-state index >= 15 is 0 Å². The Bertz CT molecular complexity index is 214. The highest BCUT2D eigenvalue weighted by Crippen LogP contribution is 2.23. The Morgan fingerprint density at radius 1 is 0.737 bits per heavy atom. The Morgan fingerprint density at radius 2 is 1.26 bits per heavy atom. The minimum atomic E-state index is 1.35. The smallest absolute Gasteiger partial charge is 0.0317 e. The fourth-order valence-electron chi connectivity index (χ4n) is 3.16. The molecule has 0 aliphatic heterocycles. The summed E-state index contributed by atoms with van der Waals surface area (Å²) in [5, 5.41) is 0. The maximum absolute atomic E-state index is 2.48. The van der Waals surface area contributed by atoms with Crippen molar-refractivity contribution in [3.63, 3.8) is 0 Å². The van der Waals surface area contributed by atoms with Gasteiger partial charge in [-0.05, 0) is 32.1 Å². The fraction of sp³-hybridized carbons (Fsp3) is 0.895. The van der Waals surface area contributed by atoms with Crippen LogP contribution in [-0.2, 0) is 0 Å². The SMILES string of the molecule is CCCCCCCCCCCCCCC1=CCCC1. The van der Waals surface area contributed by atoms with E-state index in [0.717, 1.165) is 0 Å². The molecule has 1 rings (SSSR count). The largest absolute Gasteiger partial charge is 0.0853 e. The molecule has 0 unspecified atom stereocenters. The second-order valence-corrected chi connectivity index (χ2v) is 6.39. The Balaban J connectivity index is 1.69. The van der Waals surface area contributed by atoms with E-state index in [4.69, 9.17) is 0 Å². The van der Waals surface area contributed by atoms with Gasteiger partial charge in [-0.1, -0.05) is 89.2 Å². The Labute approximate surface area is 122 Å². The maximum atomic E-state index is 2.48. The minimum Gasteiger partial charge on any atom is -0.0853 e. The van der Waals surface area contributed by atoms with Crippen molar-refractivity contribution in [2.24, 2.45) is 0 Å². The number of unbranched alkanes of at least 4 members (excludes halogenated alkanes) is 11. The van der Waals surface area contributed by atoms with E-state index < -0.39 is 0 Å². The van der Waals surface area contributed by atoms with Crippen molar-refractivity contribution in [1.82, 2.24) is 0 Å². The normalized spacial score (nSPS) is 14.9. The second kappa shape index (κ2) is 12.8. The van der Waals surface area contributed by atoms with Crippen LogP contribution in [0.2, 0.25) is 0 Å². The lowest BCUT2D eigenvalue weighted by Gasteiger charge is -2.03. The standard InChI is InChI=1S/C19H36/c1-2-3-4-5-6-7-8-9-10-11-12-13-16-19-17-14-15-18-19/h17H,2-16,18H2,1H3. The molecule has 112 valence electrons. The van der Waals surface area contributed by atoms with E-state index in [1.54, 1.807) is 5.57 Å². The molecule has 1 aliphatic rings. The summed E-state index contributed by atoms with van der Waals surface area (Å²) in [6.07, 6.45) is 25.6. The molecule has 1 aliphatic carbocycles. The molecule has 0 N–H and O–H groups in total. The first-order valence-electron chi connectivity index (χ1n) is 9.11. The van der Waals surface area contributed by atoms with Crippen molar-refractivity contribution < 1.29 is 0 Å². The van der Waals surface area contributed by atoms with Gasteiger partial charge >= 0.3 is 0 Å². The van der Waals surface area contributed by atoms with Crippen LogP contribution in [0.1, 0.15) is 110 Å². The number of hydrogen-bond acceptors (Lipinski definition) is 0. The van der Waals surface area contributed by atoms with Gasteiger partial charge in [-0.25, -0.2) is 0 Å². The maximum Gasteiger partial charge on any atom is -0.0317 e. The average Bonchev–Trinajstić information content (AvgIpc) is 2.93. The number of hydrogen-bond donors (Lipinski definition) is 0. The topological polar surface area (TPSA) is 0 Å². The molecule has 0 fully saturated rings. The molecule has 0 heterocycles. The Kier molecular flexibility index (Phi) is 11.3. The summed E-state index contributed by atoms with van der Waals surface area (Å²) >= 11 is 0. The first-order valence-corrected chi connectivity index (χ1v) is 9.11. The van der Waals surface area contributed by atoms with Crippen LogP contribution in [0.15, 0.2) is 11.6 Å². The third kappa shape index (κ3) is 10.2. The highest BCUT2D eigenvalue weighted by molar-refractivity contribution is 5.06. The van der Waals surface area contributed by atoms with Crippen molar-refractivity contribution in [1.29, 1.82) is 0 Å². The monoisotopic (exact) mass is 264 g/mol. The predicted octanol–water partition coefficient (Wildman–Crippen LogP) is 7.19. The van der Waals surface area contributed by atoms with Crippen LogP contribution in [0, 0.1) is 0 Å². The lowest BCUT2D eigenvalue weighted by Crippen LogP contribution is -1.84. The first kappa shape index (κ1) is 16.8. The van der Waals surface area contributed by atoms with Gasteiger partial charge in [0, 0.05) is 0 Å². The molecule has 0 bridgehead atoms. The minimum absolute atomic E-state index is 1.35. The van der Waals surface area contributed by atoms with E-state index in [1.807, 2.05) is 0 Å². The second-order valence-electron chi connectivity index (χ2n) is 6.39. The van der Waals surface area contributed by atoms with Crippen molar-refractivity contribution in [3.05, 3.63) is 11.6 Å². The molecular weight excluding hydrogens is 228 g/mol. The van der Waals surface area contributed by atoms with E-state index in [-0.39, 0.29) is 0 Å². The van der Waals surface area contributed by atoms with E-state index in [1.165, 1.54) is 103 Å². The van der Waals surface area contributed by atoms with Crippen LogP contribution < -0.4 is 0 Å². The zero-order chi connectivity index (χ0) is 13.6. The van der Waals surface area contributed by atoms with Crippen LogP contribution in [0.3, 0.4) is 0 Å². The van der Waals surface area contributed by atoms with Gasteiger partial charge in [-0.2, -0.15) is 0 Å². The highest BCUT2D eigenvalue weighted by atomic mass is 14.1. The Hall–Kier alpha value is -0.260. The molecule has 0 atom stereocenters. The summed E-state index contributed by atoms with van der Waals surface area (Å²) < 4.78 is 0. The van der Waals surface area contributed by atoms with Crippen LogP contribution in [0.4, 0.5) is 0 Å². The van der Waals surface area contributed by atoms with E-state index in [9.17, 15) is 0 Å². The van der Waals surface area contributed by atoms with Gasteiger partial charge in [-0.15, -0.1) is 0 Å². The highest BCUT2D eigenvalue weighted by Gasteiger charge is 2.03. The molecule has 0 heteroatoms. The average molecular weight is 264 g/mol. The number of allylic oxidation sites excluding steroid dienone is 2. The van der Waals surface area contributed by atoms with Gasteiger partial charge in [0.05, 0.1) is 0 Å². The van der Waals surface area contributed by atoms with Crippen molar-refractivity contribution in [2.75, 3.05) is 0 Å². The lowest BCUT2D eigenvalue weighted by atomic mass is 10.0. The van der Waals surface area contributed by atoms with Crippen LogP contribution in [0.5, 0.6) is 0 Å². The lowest BCUT2D eigenvalue weighted by molar-refractivity contribution is 0.543. The Morgan fingerprint density at radius 3 is 1.74 bits per heavy atom. The molecule has 0 saturated carbocycles. The summed E-state index contributed by atoms with van der Waals surface area (Å²) in [6, 6.07) is 0. The zero-order valence-corrected chi connectivity index (χ0v) is 13.4. The first-order chi connectivity index (χ1) is 9.43. The molecule has 0 saturated heterocycles. The summed E-state index contributed by atoms with van der Waals surface area (Å²) in [5.41, 5.74) is 1.76. The van der Waals surface area contributed by atoms with Crippen LogP contribution >= 0.6 is 0 Å². The van der Waals surface area contributed by atoms with E-state index in [2.05, 4.69) is 13.0 Å². The molecular formula is C19H36. The molecule has 0 amide bonds. The summed E-state index contributed by atoms with van der Waals surface area (Å²) in [4.78, 5) is 0. The van der Waals surface area contributed by atoms with E-state index in [0.29, 0.717) is 0 Å². The van der Waals surface area contributed by atoms with Gasteiger partial charge in [-0.3, -0.25) is 0 Å². The summed E-state index contributed by atoms with van der Waals surface area (Å²) in [5.74, 6) is 0. The predicted molar refractivity (Wildman–Crippen MR) is 87.6 cm³/mol. The van der Waals surface area contributed by atoms with Gasteiger partial charge in [0.25, 0.3) is 0 Å². The number of rotatable bonds is 13. The van der Waals surface area contributed by atoms with Crippen LogP contribution in [0.25, 0.3) is 0 Å². The third-order valence-electron chi connectivity index (χ3n) is 4.49. The third-order valence-corrected chi connectivity index (χ3v) is 4.49. The van der Waals surface area contributed by atoms with Gasteiger partial charge < -0.3 is 0 Å². The molecule has 0 nitrogen and oxygen atoms in total. The summed E-state index contributed by atoms with van der Waals surface area (Å²) in [7, 11) is 0. The van der Waals surface area contributed by atoms with Gasteiger partial charge in [0.15, 0.2) is 0 Å². The molecule has 0 spiro atoms. The van der Waals surface area contributed by atoms with Gasteiger partial charge in [0.1, 0.15) is 0 Å². The quantitative estimate of drug-likeness (QED) is 0.244. The zero-order valence-electron chi connectivity index (χ0n) is 13.4. The van der Waals surface area contributed by atoms with Crippen molar-refractivity contribution >= 4 is 0 Å². The molecule has 19 heavy (non-hydrogen) atoms.